The molecular formula is C14H20N4O2. The number of hydrogen-bond acceptors (Lipinski definition) is 4. The van der Waals surface area contributed by atoms with Gasteiger partial charge in [-0.05, 0) is 13.3 Å². The molecule has 0 aliphatic carbocycles. The quantitative estimate of drug-likeness (QED) is 0.906. The minimum Gasteiger partial charge on any atom is -0.478 e. The predicted octanol–water partition coefficient (Wildman–Crippen LogP) is 2.21. The van der Waals surface area contributed by atoms with E-state index in [4.69, 9.17) is 0 Å². The summed E-state index contributed by atoms with van der Waals surface area (Å²) >= 11 is 0. The van der Waals surface area contributed by atoms with Crippen LogP contribution in [-0.4, -0.2) is 39.4 Å². The number of fused-ring (bicyclic) bond motifs is 1. The van der Waals surface area contributed by atoms with E-state index < -0.39 is 5.97 Å². The topological polar surface area (TPSA) is 71.2 Å². The molecule has 2 aromatic heterocycles. The largest absolute Gasteiger partial charge is 0.478 e. The molecule has 2 rings (SSSR count). The van der Waals surface area contributed by atoms with Crippen molar-refractivity contribution in [3.05, 3.63) is 17.5 Å². The Morgan fingerprint density at radius 2 is 2.20 bits per heavy atom. The second-order valence-electron chi connectivity index (χ2n) is 5.01. The van der Waals surface area contributed by atoms with Crippen LogP contribution in [0.25, 0.3) is 11.0 Å². The van der Waals surface area contributed by atoms with Crippen LogP contribution in [0.2, 0.25) is 0 Å². The Morgan fingerprint density at radius 1 is 1.50 bits per heavy atom. The Labute approximate surface area is 118 Å². The van der Waals surface area contributed by atoms with Gasteiger partial charge in [-0.1, -0.05) is 13.3 Å². The highest BCUT2D eigenvalue weighted by Gasteiger charge is 2.21. The maximum atomic E-state index is 11.5. The molecule has 2 heterocycles. The van der Waals surface area contributed by atoms with Crippen molar-refractivity contribution in [1.29, 1.82) is 0 Å². The number of nitrogens with zero attached hydrogens (tertiary/aromatic N) is 4. The average molecular weight is 276 g/mol. The first-order valence-corrected chi connectivity index (χ1v) is 6.74. The Balaban J connectivity index is 2.68. The third-order valence-corrected chi connectivity index (χ3v) is 3.46. The van der Waals surface area contributed by atoms with Gasteiger partial charge in [0.2, 0.25) is 0 Å². The van der Waals surface area contributed by atoms with Crippen LogP contribution < -0.4 is 4.90 Å². The van der Waals surface area contributed by atoms with E-state index in [1.54, 1.807) is 4.68 Å². The van der Waals surface area contributed by atoms with Gasteiger partial charge in [-0.3, -0.25) is 4.68 Å². The maximum Gasteiger partial charge on any atom is 0.339 e. The third kappa shape index (κ3) is 2.33. The molecule has 0 bridgehead atoms. The average Bonchev–Trinajstić information content (AvgIpc) is 2.70. The van der Waals surface area contributed by atoms with E-state index in [9.17, 15) is 9.90 Å². The number of unbranched alkanes of at least 4 members (excludes halogenated alkanes) is 1. The lowest BCUT2D eigenvalue weighted by molar-refractivity contribution is 0.0697. The molecule has 108 valence electrons. The summed E-state index contributed by atoms with van der Waals surface area (Å²) in [7, 11) is 3.74. The first-order chi connectivity index (χ1) is 9.47. The van der Waals surface area contributed by atoms with Crippen molar-refractivity contribution < 1.29 is 9.90 Å². The van der Waals surface area contributed by atoms with Crippen LogP contribution in [0.3, 0.4) is 0 Å². The molecule has 1 N–H and O–H groups in total. The molecule has 0 aromatic carbocycles. The van der Waals surface area contributed by atoms with E-state index in [-0.39, 0.29) is 5.56 Å². The summed E-state index contributed by atoms with van der Waals surface area (Å²) in [5.74, 6) is -0.957. The normalized spacial score (nSPS) is 11.0. The Hall–Kier alpha value is -2.11. The molecule has 20 heavy (non-hydrogen) atoms. The summed E-state index contributed by atoms with van der Waals surface area (Å²) in [5.41, 5.74) is 2.45. The number of aromatic carboxylic acids is 1. The van der Waals surface area contributed by atoms with Crippen molar-refractivity contribution in [2.45, 2.75) is 26.7 Å². The number of pyridine rings is 1. The molecule has 0 spiro atoms. The highest BCUT2D eigenvalue weighted by Crippen LogP contribution is 2.31. The standard InChI is InChI=1S/C14H20N4O2/c1-5-6-7-17(3)12-10(14(19)20)8-15-13-11(12)9(2)16-18(13)4/h8H,5-7H2,1-4H3,(H,19,20). The van der Waals surface area contributed by atoms with E-state index >= 15 is 0 Å². The molecule has 0 unspecified atom stereocenters. The predicted molar refractivity (Wildman–Crippen MR) is 78.4 cm³/mol. The zero-order valence-corrected chi connectivity index (χ0v) is 12.3. The van der Waals surface area contributed by atoms with E-state index in [1.165, 1.54) is 6.20 Å². The van der Waals surface area contributed by atoms with Gasteiger partial charge in [0.1, 0.15) is 5.56 Å². The van der Waals surface area contributed by atoms with Gasteiger partial charge in [0.15, 0.2) is 5.65 Å². The zero-order chi connectivity index (χ0) is 14.9. The number of rotatable bonds is 5. The number of carboxylic acid groups (broad SMARTS) is 1. The molecule has 0 aliphatic rings. The van der Waals surface area contributed by atoms with E-state index in [2.05, 4.69) is 17.0 Å². The van der Waals surface area contributed by atoms with E-state index in [1.807, 2.05) is 25.9 Å². The molecule has 0 fully saturated rings. The van der Waals surface area contributed by atoms with E-state index in [0.29, 0.717) is 11.3 Å². The summed E-state index contributed by atoms with van der Waals surface area (Å²) in [6, 6.07) is 0. The SMILES string of the molecule is CCCCN(C)c1c(C(=O)O)cnc2c1c(C)nn2C. The van der Waals surface area contributed by atoms with Crippen LogP contribution in [0.1, 0.15) is 35.8 Å². The molecule has 6 heteroatoms. The summed E-state index contributed by atoms with van der Waals surface area (Å²) in [4.78, 5) is 17.7. The summed E-state index contributed by atoms with van der Waals surface area (Å²) in [5, 5.41) is 14.6. The van der Waals surface area contributed by atoms with Gasteiger partial charge in [0.05, 0.1) is 16.8 Å². The van der Waals surface area contributed by atoms with Gasteiger partial charge in [-0.15, -0.1) is 0 Å². The third-order valence-electron chi connectivity index (χ3n) is 3.46. The molecule has 0 amide bonds. The lowest BCUT2D eigenvalue weighted by Gasteiger charge is -2.22. The summed E-state index contributed by atoms with van der Waals surface area (Å²) < 4.78 is 1.69. The molecule has 0 radical (unpaired) electrons. The number of aryl methyl sites for hydroxylation is 2. The van der Waals surface area contributed by atoms with Crippen LogP contribution in [0.15, 0.2) is 6.20 Å². The first-order valence-electron chi connectivity index (χ1n) is 6.74. The number of hydrogen-bond donors (Lipinski definition) is 1. The van der Waals surface area contributed by atoms with Crippen LogP contribution in [0.5, 0.6) is 0 Å². The fourth-order valence-electron chi connectivity index (χ4n) is 2.45. The molecule has 6 nitrogen and oxygen atoms in total. The van der Waals surface area contributed by atoms with Crippen molar-refractivity contribution >= 4 is 22.7 Å². The first kappa shape index (κ1) is 14.3. The highest BCUT2D eigenvalue weighted by molar-refractivity contribution is 6.04. The van der Waals surface area contributed by atoms with Crippen molar-refractivity contribution in [1.82, 2.24) is 14.8 Å². The summed E-state index contributed by atoms with van der Waals surface area (Å²) in [6.45, 7) is 4.81. The molecule has 0 saturated carbocycles. The number of carboxylic acids is 1. The van der Waals surface area contributed by atoms with Gasteiger partial charge < -0.3 is 10.0 Å². The van der Waals surface area contributed by atoms with Crippen LogP contribution in [0, 0.1) is 6.92 Å². The highest BCUT2D eigenvalue weighted by atomic mass is 16.4. The molecule has 0 aliphatic heterocycles. The molecular weight excluding hydrogens is 256 g/mol. The monoisotopic (exact) mass is 276 g/mol. The Kier molecular flexibility index (Phi) is 3.92. The lowest BCUT2D eigenvalue weighted by Crippen LogP contribution is -2.22. The smallest absolute Gasteiger partial charge is 0.339 e. The second kappa shape index (κ2) is 5.48. The van der Waals surface area contributed by atoms with Gasteiger partial charge in [0, 0.05) is 26.8 Å². The molecule has 0 saturated heterocycles. The van der Waals surface area contributed by atoms with Gasteiger partial charge in [0.25, 0.3) is 0 Å². The zero-order valence-electron chi connectivity index (χ0n) is 12.3. The minimum absolute atomic E-state index is 0.229. The fraction of sp³-hybridized carbons (Fsp3) is 0.500. The Bertz CT molecular complexity index is 648. The van der Waals surface area contributed by atoms with Crippen LogP contribution >= 0.6 is 0 Å². The Morgan fingerprint density at radius 3 is 2.80 bits per heavy atom. The lowest BCUT2D eigenvalue weighted by atomic mass is 10.1. The van der Waals surface area contributed by atoms with Gasteiger partial charge in [-0.2, -0.15) is 5.10 Å². The number of anilines is 1. The number of aromatic nitrogens is 3. The molecule has 2 aromatic rings. The van der Waals surface area contributed by atoms with Crippen molar-refractivity contribution in [2.75, 3.05) is 18.5 Å². The minimum atomic E-state index is -0.957. The van der Waals surface area contributed by atoms with Crippen molar-refractivity contribution in [2.24, 2.45) is 7.05 Å². The van der Waals surface area contributed by atoms with Gasteiger partial charge in [-0.25, -0.2) is 9.78 Å². The second-order valence-corrected chi connectivity index (χ2v) is 5.01. The fourth-order valence-corrected chi connectivity index (χ4v) is 2.45. The summed E-state index contributed by atoms with van der Waals surface area (Å²) in [6.07, 6.45) is 3.50. The maximum absolute atomic E-state index is 11.5. The molecule has 0 atom stereocenters. The van der Waals surface area contributed by atoms with Crippen LogP contribution in [0.4, 0.5) is 5.69 Å². The van der Waals surface area contributed by atoms with E-state index in [0.717, 1.165) is 30.5 Å². The van der Waals surface area contributed by atoms with Crippen molar-refractivity contribution in [3.63, 3.8) is 0 Å². The number of carbonyl (C=O) groups is 1. The van der Waals surface area contributed by atoms with Crippen LogP contribution in [-0.2, 0) is 7.05 Å². The van der Waals surface area contributed by atoms with Gasteiger partial charge >= 0.3 is 5.97 Å². The van der Waals surface area contributed by atoms with Crippen molar-refractivity contribution in [3.8, 4) is 0 Å².